The van der Waals surface area contributed by atoms with Crippen molar-refractivity contribution in [3.63, 3.8) is 0 Å². The molecule has 1 unspecified atom stereocenters. The summed E-state index contributed by atoms with van der Waals surface area (Å²) in [6.45, 7) is 4.80. The van der Waals surface area contributed by atoms with Crippen LogP contribution in [0.3, 0.4) is 0 Å². The molecule has 1 atom stereocenters. The predicted molar refractivity (Wildman–Crippen MR) is 89.1 cm³/mol. The molecule has 21 heavy (non-hydrogen) atoms. The molecule has 0 aliphatic carbocycles. The molecule has 0 fully saturated rings. The maximum Gasteiger partial charge on any atom is 0.142 e. The largest absolute Gasteiger partial charge is 0.495 e. The van der Waals surface area contributed by atoms with Gasteiger partial charge in [0.2, 0.25) is 0 Å². The van der Waals surface area contributed by atoms with Gasteiger partial charge in [0, 0.05) is 13.6 Å². The quantitative estimate of drug-likeness (QED) is 0.914. The summed E-state index contributed by atoms with van der Waals surface area (Å²) in [5.74, 6) is 0.864. The highest BCUT2D eigenvalue weighted by atomic mass is 16.5. The van der Waals surface area contributed by atoms with Crippen molar-refractivity contribution < 1.29 is 4.74 Å². The van der Waals surface area contributed by atoms with Crippen LogP contribution >= 0.6 is 0 Å². The number of hydrogen-bond donors (Lipinski definition) is 1. The minimum atomic E-state index is 0.127. The van der Waals surface area contributed by atoms with Gasteiger partial charge in [-0.25, -0.2) is 0 Å². The Labute approximate surface area is 127 Å². The Morgan fingerprint density at radius 3 is 2.48 bits per heavy atom. The summed E-state index contributed by atoms with van der Waals surface area (Å²) in [6.07, 6.45) is 0. The molecule has 3 heteroatoms. The highest BCUT2D eigenvalue weighted by Gasteiger charge is 2.20. The van der Waals surface area contributed by atoms with Crippen LogP contribution < -0.4 is 15.4 Å². The fourth-order valence-corrected chi connectivity index (χ4v) is 2.78. The molecule has 0 spiro atoms. The number of rotatable bonds is 5. The average molecular weight is 284 g/mol. The van der Waals surface area contributed by atoms with Gasteiger partial charge in [-0.05, 0) is 37.1 Å². The van der Waals surface area contributed by atoms with Crippen LogP contribution in [0, 0.1) is 13.8 Å². The first-order valence-corrected chi connectivity index (χ1v) is 7.21. The van der Waals surface area contributed by atoms with Crippen LogP contribution in [-0.2, 0) is 0 Å². The molecule has 3 nitrogen and oxygen atoms in total. The van der Waals surface area contributed by atoms with Gasteiger partial charge in [0.25, 0.3) is 0 Å². The second-order valence-electron chi connectivity index (χ2n) is 5.39. The van der Waals surface area contributed by atoms with Crippen molar-refractivity contribution in [3.05, 3.63) is 59.2 Å². The van der Waals surface area contributed by atoms with Crippen LogP contribution in [0.4, 0.5) is 5.69 Å². The number of methoxy groups -OCH3 is 1. The molecule has 112 valence electrons. The molecule has 0 amide bonds. The third kappa shape index (κ3) is 3.19. The Morgan fingerprint density at radius 2 is 1.86 bits per heavy atom. The van der Waals surface area contributed by atoms with Gasteiger partial charge in [0.05, 0.1) is 18.8 Å². The van der Waals surface area contributed by atoms with Crippen molar-refractivity contribution in [2.75, 3.05) is 25.6 Å². The number of para-hydroxylation sites is 2. The van der Waals surface area contributed by atoms with Crippen molar-refractivity contribution >= 4 is 5.69 Å². The normalized spacial score (nSPS) is 12.0. The van der Waals surface area contributed by atoms with Crippen molar-refractivity contribution in [1.82, 2.24) is 0 Å². The first kappa shape index (κ1) is 15.4. The summed E-state index contributed by atoms with van der Waals surface area (Å²) in [4.78, 5) is 2.19. The van der Waals surface area contributed by atoms with Crippen LogP contribution in [0.25, 0.3) is 0 Å². The zero-order valence-corrected chi connectivity index (χ0v) is 13.3. The van der Waals surface area contributed by atoms with Crippen LogP contribution in [0.5, 0.6) is 5.75 Å². The minimum absolute atomic E-state index is 0.127. The van der Waals surface area contributed by atoms with E-state index in [-0.39, 0.29) is 6.04 Å². The number of likely N-dealkylation sites (N-methyl/N-ethyl adjacent to an activating group) is 1. The summed E-state index contributed by atoms with van der Waals surface area (Å²) in [6, 6.07) is 14.7. The van der Waals surface area contributed by atoms with Crippen molar-refractivity contribution in [2.45, 2.75) is 19.9 Å². The Bertz CT molecular complexity index is 610. The molecule has 0 aromatic heterocycles. The van der Waals surface area contributed by atoms with E-state index in [1.165, 1.54) is 16.7 Å². The third-order valence-corrected chi connectivity index (χ3v) is 3.94. The lowest BCUT2D eigenvalue weighted by Crippen LogP contribution is -2.31. The smallest absolute Gasteiger partial charge is 0.142 e. The number of aryl methyl sites for hydroxylation is 2. The lowest BCUT2D eigenvalue weighted by Gasteiger charge is -2.31. The highest BCUT2D eigenvalue weighted by molar-refractivity contribution is 5.59. The van der Waals surface area contributed by atoms with E-state index < -0.39 is 0 Å². The Hall–Kier alpha value is -2.00. The minimum Gasteiger partial charge on any atom is -0.495 e. The molecular formula is C18H24N2O. The van der Waals surface area contributed by atoms with Gasteiger partial charge < -0.3 is 15.4 Å². The lowest BCUT2D eigenvalue weighted by molar-refractivity contribution is 0.413. The molecule has 2 rings (SSSR count). The molecule has 0 heterocycles. The zero-order chi connectivity index (χ0) is 15.4. The fourth-order valence-electron chi connectivity index (χ4n) is 2.78. The van der Waals surface area contributed by atoms with Crippen LogP contribution in [0.2, 0.25) is 0 Å². The molecule has 2 aromatic rings. The molecule has 0 radical (unpaired) electrons. The van der Waals surface area contributed by atoms with Gasteiger partial charge in [-0.15, -0.1) is 0 Å². The maximum atomic E-state index is 6.06. The van der Waals surface area contributed by atoms with Gasteiger partial charge >= 0.3 is 0 Å². The van der Waals surface area contributed by atoms with E-state index in [1.54, 1.807) is 7.11 Å². The van der Waals surface area contributed by atoms with E-state index >= 15 is 0 Å². The number of benzene rings is 2. The monoisotopic (exact) mass is 284 g/mol. The first-order valence-electron chi connectivity index (χ1n) is 7.21. The highest BCUT2D eigenvalue weighted by Crippen LogP contribution is 2.33. The lowest BCUT2D eigenvalue weighted by atomic mass is 9.98. The molecule has 2 aromatic carbocycles. The van der Waals surface area contributed by atoms with Gasteiger partial charge in [0.1, 0.15) is 5.75 Å². The molecule has 2 N–H and O–H groups in total. The second kappa shape index (κ2) is 6.64. The number of ether oxygens (including phenoxy) is 1. The summed E-state index contributed by atoms with van der Waals surface area (Å²) in [5, 5.41) is 0. The Balaban J connectivity index is 2.40. The molecule has 0 saturated carbocycles. The maximum absolute atomic E-state index is 6.06. The van der Waals surface area contributed by atoms with Crippen molar-refractivity contribution in [1.29, 1.82) is 0 Å². The molecular weight excluding hydrogens is 260 g/mol. The average Bonchev–Trinajstić information content (AvgIpc) is 2.49. The van der Waals surface area contributed by atoms with Gasteiger partial charge in [-0.3, -0.25) is 0 Å². The molecule has 0 aliphatic heterocycles. The summed E-state index contributed by atoms with van der Waals surface area (Å²) in [5.41, 5.74) is 10.9. The SMILES string of the molecule is COc1ccccc1N(C)C(CN)c1ccc(C)cc1C. The van der Waals surface area contributed by atoms with E-state index in [0.29, 0.717) is 6.54 Å². The van der Waals surface area contributed by atoms with E-state index in [1.807, 2.05) is 18.2 Å². The third-order valence-electron chi connectivity index (χ3n) is 3.94. The van der Waals surface area contributed by atoms with Crippen molar-refractivity contribution in [3.8, 4) is 5.75 Å². The topological polar surface area (TPSA) is 38.5 Å². The van der Waals surface area contributed by atoms with E-state index in [2.05, 4.69) is 50.1 Å². The molecule has 0 aliphatic rings. The zero-order valence-electron chi connectivity index (χ0n) is 13.3. The van der Waals surface area contributed by atoms with Gasteiger partial charge in [-0.1, -0.05) is 35.9 Å². The van der Waals surface area contributed by atoms with Crippen molar-refractivity contribution in [2.24, 2.45) is 5.73 Å². The van der Waals surface area contributed by atoms with Crippen LogP contribution in [0.15, 0.2) is 42.5 Å². The fraction of sp³-hybridized carbons (Fsp3) is 0.333. The standard InChI is InChI=1S/C18H24N2O/c1-13-9-10-15(14(2)11-13)17(12-19)20(3)16-7-5-6-8-18(16)21-4/h5-11,17H,12,19H2,1-4H3. The summed E-state index contributed by atoms with van der Waals surface area (Å²) >= 11 is 0. The number of hydrogen-bond acceptors (Lipinski definition) is 3. The van der Waals surface area contributed by atoms with Gasteiger partial charge in [0.15, 0.2) is 0 Å². The second-order valence-corrected chi connectivity index (χ2v) is 5.39. The van der Waals surface area contributed by atoms with E-state index in [9.17, 15) is 0 Å². The summed E-state index contributed by atoms with van der Waals surface area (Å²) < 4.78 is 5.46. The van der Waals surface area contributed by atoms with Gasteiger partial charge in [-0.2, -0.15) is 0 Å². The number of nitrogens with zero attached hydrogens (tertiary/aromatic N) is 1. The predicted octanol–water partition coefficient (Wildman–Crippen LogP) is 3.45. The Morgan fingerprint density at radius 1 is 1.14 bits per heavy atom. The van der Waals surface area contributed by atoms with E-state index in [4.69, 9.17) is 10.5 Å². The van der Waals surface area contributed by atoms with E-state index in [0.717, 1.165) is 11.4 Å². The molecule has 0 bridgehead atoms. The molecule has 0 saturated heterocycles. The number of anilines is 1. The van der Waals surface area contributed by atoms with Crippen LogP contribution in [0.1, 0.15) is 22.7 Å². The number of nitrogens with two attached hydrogens (primary N) is 1. The first-order chi connectivity index (χ1) is 10.1. The van der Waals surface area contributed by atoms with Crippen LogP contribution in [-0.4, -0.2) is 20.7 Å². The Kier molecular flexibility index (Phi) is 4.86. The summed E-state index contributed by atoms with van der Waals surface area (Å²) in [7, 11) is 3.76.